The molecule has 1 aromatic heterocycles. The zero-order valence-electron chi connectivity index (χ0n) is 9.78. The average Bonchev–Trinajstić information content (AvgIpc) is 2.31. The Kier molecular flexibility index (Phi) is 11.5. The van der Waals surface area contributed by atoms with Crippen LogP contribution in [0.15, 0.2) is 24.4 Å². The number of rotatable bonds is 4. The minimum atomic E-state index is -1.27. The van der Waals surface area contributed by atoms with Gasteiger partial charge in [-0.05, 0) is 18.6 Å². The van der Waals surface area contributed by atoms with Crippen LogP contribution in [0.25, 0.3) is 5.73 Å². The Hall–Kier alpha value is -1.26. The third-order valence-corrected chi connectivity index (χ3v) is 1.91. The number of nitrogens with one attached hydrogen (secondary N) is 1. The number of pyridine rings is 1. The molecule has 1 aromatic rings. The summed E-state index contributed by atoms with van der Waals surface area (Å²) in [6.45, 7) is 1.80. The van der Waals surface area contributed by atoms with Crippen LogP contribution in [0, 0.1) is 5.92 Å². The first-order valence-corrected chi connectivity index (χ1v) is 5.03. The fourth-order valence-electron chi connectivity index (χ4n) is 0.958. The molecule has 0 aliphatic heterocycles. The van der Waals surface area contributed by atoms with Crippen molar-refractivity contribution in [1.82, 2.24) is 4.98 Å². The monoisotopic (exact) mass is 434 g/mol. The van der Waals surface area contributed by atoms with Crippen LogP contribution in [0.5, 0.6) is 0 Å². The Balaban J connectivity index is 0. The van der Waals surface area contributed by atoms with Crippen molar-refractivity contribution >= 4 is 11.9 Å². The fraction of sp³-hybridized carbons (Fsp3) is 0.364. The summed E-state index contributed by atoms with van der Waals surface area (Å²) in [5, 5.41) is 16.3. The summed E-state index contributed by atoms with van der Waals surface area (Å²) < 4.78 is 0. The molecular weight excluding hydrogens is 419 g/mol. The smallest absolute Gasteiger partial charge is 0.317 e. The summed E-state index contributed by atoms with van der Waals surface area (Å²) in [5.41, 5.74) is 7.71. The quantitative estimate of drug-likeness (QED) is 0.703. The molecule has 0 spiro atoms. The van der Waals surface area contributed by atoms with E-state index in [2.05, 4.69) is 4.98 Å². The van der Waals surface area contributed by atoms with Gasteiger partial charge >= 0.3 is 11.9 Å². The number of aliphatic carboxylic acids is 2. The number of carboxylic acids is 2. The van der Waals surface area contributed by atoms with Gasteiger partial charge < -0.3 is 15.9 Å². The number of hydrogen-bond acceptors (Lipinski definition) is 3. The molecule has 3 N–H and O–H groups in total. The predicted molar refractivity (Wildman–Crippen MR) is 61.3 cm³/mol. The molecule has 0 unspecified atom stereocenters. The molecule has 0 aliphatic rings. The van der Waals surface area contributed by atoms with Crippen molar-refractivity contribution < 1.29 is 40.9 Å². The van der Waals surface area contributed by atoms with Gasteiger partial charge in [0, 0.05) is 33.0 Å². The van der Waals surface area contributed by atoms with E-state index in [0.29, 0.717) is 0 Å². The SMILES string of the molecule is CCC(C(=O)O)C(=O)O.[NH-]Cc1ccccn1.[Pt]. The largest absolute Gasteiger partial charge is 0.672 e. The molecule has 0 aromatic carbocycles. The first-order chi connectivity index (χ1) is 8.02. The molecule has 0 aliphatic carbocycles. The summed E-state index contributed by atoms with van der Waals surface area (Å²) in [6, 6.07) is 5.57. The van der Waals surface area contributed by atoms with Gasteiger partial charge in [-0.3, -0.25) is 14.6 Å². The Morgan fingerprint density at radius 1 is 1.33 bits per heavy atom. The normalized spacial score (nSPS) is 8.83. The van der Waals surface area contributed by atoms with Crippen LogP contribution in [-0.2, 0) is 37.2 Å². The second-order valence-electron chi connectivity index (χ2n) is 3.14. The first kappa shape index (κ1) is 19.1. The molecular formula is C11H15N2O4Pt-. The number of carboxylic acid groups (broad SMARTS) is 2. The number of hydrogen-bond donors (Lipinski definition) is 2. The van der Waals surface area contributed by atoms with Gasteiger partial charge in [0.05, 0.1) is 0 Å². The van der Waals surface area contributed by atoms with Gasteiger partial charge in [-0.1, -0.05) is 13.0 Å². The van der Waals surface area contributed by atoms with E-state index < -0.39 is 17.9 Å². The molecule has 1 rings (SSSR count). The zero-order chi connectivity index (χ0) is 13.3. The topological polar surface area (TPSA) is 111 Å². The molecule has 0 fully saturated rings. The molecule has 104 valence electrons. The molecule has 0 saturated heterocycles. The summed E-state index contributed by atoms with van der Waals surface area (Å²) in [6.07, 6.45) is 1.83. The summed E-state index contributed by atoms with van der Waals surface area (Å²) in [5.74, 6) is -3.79. The van der Waals surface area contributed by atoms with E-state index in [4.69, 9.17) is 15.9 Å². The zero-order valence-corrected chi connectivity index (χ0v) is 12.0. The van der Waals surface area contributed by atoms with E-state index in [-0.39, 0.29) is 34.0 Å². The second-order valence-corrected chi connectivity index (χ2v) is 3.14. The van der Waals surface area contributed by atoms with Crippen LogP contribution in [0.3, 0.4) is 0 Å². The van der Waals surface area contributed by atoms with E-state index in [1.807, 2.05) is 18.2 Å². The molecule has 6 nitrogen and oxygen atoms in total. The maximum Gasteiger partial charge on any atom is 0.317 e. The maximum absolute atomic E-state index is 9.99. The third kappa shape index (κ3) is 7.92. The van der Waals surface area contributed by atoms with E-state index in [9.17, 15) is 9.59 Å². The van der Waals surface area contributed by atoms with Crippen molar-refractivity contribution in [3.05, 3.63) is 35.8 Å². The van der Waals surface area contributed by atoms with Crippen LogP contribution in [0.1, 0.15) is 19.0 Å². The second kappa shape index (κ2) is 10.9. The Labute approximate surface area is 119 Å². The van der Waals surface area contributed by atoms with E-state index in [0.717, 1.165) is 5.69 Å². The Bertz CT molecular complexity index is 345. The molecule has 0 atom stereocenters. The Morgan fingerprint density at radius 2 is 1.89 bits per heavy atom. The molecule has 7 heteroatoms. The molecule has 0 saturated carbocycles. The fourth-order valence-corrected chi connectivity index (χ4v) is 0.958. The average molecular weight is 434 g/mol. The van der Waals surface area contributed by atoms with Gasteiger partial charge in [0.15, 0.2) is 5.92 Å². The van der Waals surface area contributed by atoms with Gasteiger partial charge in [0.2, 0.25) is 0 Å². The van der Waals surface area contributed by atoms with Gasteiger partial charge in [-0.25, -0.2) is 0 Å². The van der Waals surface area contributed by atoms with E-state index in [1.54, 1.807) is 6.20 Å². The Morgan fingerprint density at radius 3 is 2.06 bits per heavy atom. The first-order valence-electron chi connectivity index (χ1n) is 5.03. The van der Waals surface area contributed by atoms with Crippen molar-refractivity contribution in [3.63, 3.8) is 0 Å². The minimum absolute atomic E-state index is 0. The van der Waals surface area contributed by atoms with Crippen LogP contribution in [-0.4, -0.2) is 27.1 Å². The third-order valence-electron chi connectivity index (χ3n) is 1.91. The molecule has 0 bridgehead atoms. The number of aromatic nitrogens is 1. The molecule has 0 amide bonds. The molecule has 0 radical (unpaired) electrons. The van der Waals surface area contributed by atoms with Gasteiger partial charge in [-0.15, -0.1) is 6.54 Å². The van der Waals surface area contributed by atoms with Crippen LogP contribution >= 0.6 is 0 Å². The van der Waals surface area contributed by atoms with Gasteiger partial charge in [0.1, 0.15) is 0 Å². The van der Waals surface area contributed by atoms with Crippen LogP contribution in [0.2, 0.25) is 0 Å². The summed E-state index contributed by atoms with van der Waals surface area (Å²) in [7, 11) is 0. The standard InChI is InChI=1S/C6H7N2.C5H8O4.Pt/c7-5-6-3-1-2-4-8-6;1-2-3(4(6)7)5(8)9;/h1-4,7H,5H2;3H,2H2,1H3,(H,6,7)(H,8,9);/q-1;;. The maximum atomic E-state index is 9.99. The van der Waals surface area contributed by atoms with Crippen LogP contribution in [0.4, 0.5) is 0 Å². The van der Waals surface area contributed by atoms with E-state index >= 15 is 0 Å². The summed E-state index contributed by atoms with van der Waals surface area (Å²) >= 11 is 0. The van der Waals surface area contributed by atoms with Gasteiger partial charge in [-0.2, -0.15) is 0 Å². The number of nitrogens with zero attached hydrogens (tertiary/aromatic N) is 1. The number of carbonyl (C=O) groups is 2. The molecule has 18 heavy (non-hydrogen) atoms. The van der Waals surface area contributed by atoms with Crippen LogP contribution < -0.4 is 0 Å². The van der Waals surface area contributed by atoms with E-state index in [1.165, 1.54) is 6.92 Å². The van der Waals surface area contributed by atoms with Crippen molar-refractivity contribution in [3.8, 4) is 0 Å². The van der Waals surface area contributed by atoms with Gasteiger partial charge in [0.25, 0.3) is 0 Å². The predicted octanol–water partition coefficient (Wildman–Crippen LogP) is 1.81. The van der Waals surface area contributed by atoms with Crippen molar-refractivity contribution in [2.75, 3.05) is 0 Å². The van der Waals surface area contributed by atoms with Crippen molar-refractivity contribution in [2.24, 2.45) is 5.92 Å². The van der Waals surface area contributed by atoms with Crippen molar-refractivity contribution in [2.45, 2.75) is 19.9 Å². The minimum Gasteiger partial charge on any atom is -0.672 e. The molecule has 1 heterocycles. The summed E-state index contributed by atoms with van der Waals surface area (Å²) in [4.78, 5) is 23.9. The van der Waals surface area contributed by atoms with Crippen molar-refractivity contribution in [1.29, 1.82) is 0 Å².